The van der Waals surface area contributed by atoms with Crippen LogP contribution in [0.15, 0.2) is 48.0 Å². The molecule has 2 heterocycles. The van der Waals surface area contributed by atoms with Gasteiger partial charge in [-0.15, -0.1) is 24.0 Å². The smallest absolute Gasteiger partial charge is 0.194 e. The molecule has 0 amide bonds. The number of nitrogens with zero attached hydrogens (tertiary/aromatic N) is 4. The highest BCUT2D eigenvalue weighted by Gasteiger charge is 2.28. The molecule has 1 saturated heterocycles. The monoisotopic (exact) mass is 487 g/mol. The summed E-state index contributed by atoms with van der Waals surface area (Å²) < 4.78 is 21.3. The van der Waals surface area contributed by atoms with Crippen LogP contribution >= 0.6 is 24.0 Å². The summed E-state index contributed by atoms with van der Waals surface area (Å²) in [5.41, 5.74) is 0.984. The number of rotatable bonds is 5. The van der Waals surface area contributed by atoms with Gasteiger partial charge in [-0.25, -0.2) is 9.37 Å². The highest BCUT2D eigenvalue weighted by molar-refractivity contribution is 14.0. The Bertz CT molecular complexity index is 707. The second-order valence-corrected chi connectivity index (χ2v) is 6.43. The molecule has 2 atom stereocenters. The zero-order chi connectivity index (χ0) is 18.4. The van der Waals surface area contributed by atoms with E-state index in [9.17, 15) is 4.39 Å². The molecule has 6 nitrogen and oxygen atoms in total. The Kier molecular flexibility index (Phi) is 8.49. The number of morpholine rings is 1. The van der Waals surface area contributed by atoms with E-state index in [1.807, 2.05) is 10.8 Å². The van der Waals surface area contributed by atoms with E-state index in [4.69, 9.17) is 9.73 Å². The molecule has 3 rings (SSSR count). The molecule has 1 aliphatic rings. The lowest BCUT2D eigenvalue weighted by molar-refractivity contribution is -0.0605. The zero-order valence-electron chi connectivity index (χ0n) is 15.7. The van der Waals surface area contributed by atoms with Crippen molar-refractivity contribution in [1.82, 2.24) is 19.8 Å². The maximum atomic E-state index is 13.2. The number of benzene rings is 1. The van der Waals surface area contributed by atoms with E-state index >= 15 is 0 Å². The minimum Gasteiger partial charge on any atom is -0.367 e. The SMILES string of the molecule is CCNC(=NCCn1ccnc1)N1CC(C)OC(c2ccc(F)cc2)C1.I. The van der Waals surface area contributed by atoms with Gasteiger partial charge in [0, 0.05) is 32.0 Å². The fraction of sp³-hybridized carbons (Fsp3) is 0.474. The molecule has 2 aromatic rings. The molecule has 2 unspecified atom stereocenters. The molecular formula is C19H27FIN5O. The van der Waals surface area contributed by atoms with E-state index in [0.717, 1.165) is 31.2 Å². The number of guanidine groups is 1. The van der Waals surface area contributed by atoms with E-state index in [-0.39, 0.29) is 42.0 Å². The first-order chi connectivity index (χ1) is 12.7. The number of imidazole rings is 1. The largest absolute Gasteiger partial charge is 0.367 e. The lowest BCUT2D eigenvalue weighted by Crippen LogP contribution is -2.50. The average Bonchev–Trinajstić information content (AvgIpc) is 3.14. The highest BCUT2D eigenvalue weighted by Crippen LogP contribution is 2.25. The number of halogens is 2. The van der Waals surface area contributed by atoms with Crippen molar-refractivity contribution in [3.8, 4) is 0 Å². The van der Waals surface area contributed by atoms with Gasteiger partial charge in [0.05, 0.1) is 25.5 Å². The Morgan fingerprint density at radius 2 is 2.11 bits per heavy atom. The molecule has 27 heavy (non-hydrogen) atoms. The molecule has 0 bridgehead atoms. The second kappa shape index (κ2) is 10.6. The Balaban J connectivity index is 0.00000261. The van der Waals surface area contributed by atoms with Crippen molar-refractivity contribution in [3.05, 3.63) is 54.4 Å². The van der Waals surface area contributed by atoms with Gasteiger partial charge in [-0.05, 0) is 31.5 Å². The third kappa shape index (κ3) is 6.17. The van der Waals surface area contributed by atoms with Crippen LogP contribution in [0.5, 0.6) is 0 Å². The second-order valence-electron chi connectivity index (χ2n) is 6.43. The van der Waals surface area contributed by atoms with Gasteiger partial charge < -0.3 is 19.5 Å². The lowest BCUT2D eigenvalue weighted by Gasteiger charge is -2.38. The highest BCUT2D eigenvalue weighted by atomic mass is 127. The summed E-state index contributed by atoms with van der Waals surface area (Å²) in [4.78, 5) is 11.0. The maximum Gasteiger partial charge on any atom is 0.194 e. The minimum atomic E-state index is -0.233. The fourth-order valence-electron chi connectivity index (χ4n) is 3.10. The van der Waals surface area contributed by atoms with Crippen molar-refractivity contribution in [1.29, 1.82) is 0 Å². The van der Waals surface area contributed by atoms with Crippen LogP contribution in [0.2, 0.25) is 0 Å². The quantitative estimate of drug-likeness (QED) is 0.400. The van der Waals surface area contributed by atoms with E-state index in [1.165, 1.54) is 12.1 Å². The molecule has 1 N–H and O–H groups in total. The van der Waals surface area contributed by atoms with Crippen LogP contribution in [0, 0.1) is 5.82 Å². The van der Waals surface area contributed by atoms with Crippen LogP contribution < -0.4 is 5.32 Å². The maximum absolute atomic E-state index is 13.2. The number of hydrogen-bond acceptors (Lipinski definition) is 3. The number of aliphatic imine (C=N–C) groups is 1. The minimum absolute atomic E-state index is 0. The van der Waals surface area contributed by atoms with Crippen molar-refractivity contribution in [2.45, 2.75) is 32.6 Å². The van der Waals surface area contributed by atoms with Gasteiger partial charge in [0.15, 0.2) is 5.96 Å². The Morgan fingerprint density at radius 3 is 2.78 bits per heavy atom. The lowest BCUT2D eigenvalue weighted by atomic mass is 10.1. The number of aromatic nitrogens is 2. The van der Waals surface area contributed by atoms with Crippen molar-refractivity contribution >= 4 is 29.9 Å². The van der Waals surface area contributed by atoms with Gasteiger partial charge in [-0.3, -0.25) is 4.99 Å². The van der Waals surface area contributed by atoms with Gasteiger partial charge in [0.1, 0.15) is 11.9 Å². The number of ether oxygens (including phenoxy) is 1. The molecule has 1 aromatic carbocycles. The van der Waals surface area contributed by atoms with E-state index < -0.39 is 0 Å². The summed E-state index contributed by atoms with van der Waals surface area (Å²) in [6.45, 7) is 7.84. The summed E-state index contributed by atoms with van der Waals surface area (Å²) in [6.07, 6.45) is 5.47. The first-order valence-electron chi connectivity index (χ1n) is 9.05. The summed E-state index contributed by atoms with van der Waals surface area (Å²) in [7, 11) is 0. The zero-order valence-corrected chi connectivity index (χ0v) is 18.0. The van der Waals surface area contributed by atoms with Gasteiger partial charge in [-0.2, -0.15) is 0 Å². The predicted octanol–water partition coefficient (Wildman–Crippen LogP) is 3.07. The molecule has 8 heteroatoms. The molecule has 0 aliphatic carbocycles. The van der Waals surface area contributed by atoms with Crippen molar-refractivity contribution < 1.29 is 9.13 Å². The average molecular weight is 487 g/mol. The molecule has 1 aromatic heterocycles. The Labute approximate surface area is 176 Å². The first-order valence-corrected chi connectivity index (χ1v) is 9.05. The third-order valence-electron chi connectivity index (χ3n) is 4.32. The van der Waals surface area contributed by atoms with Crippen LogP contribution in [0.25, 0.3) is 0 Å². The van der Waals surface area contributed by atoms with Gasteiger partial charge in [-0.1, -0.05) is 12.1 Å². The normalized spacial score (nSPS) is 20.3. The molecule has 1 fully saturated rings. The first kappa shape index (κ1) is 21.6. The van der Waals surface area contributed by atoms with Crippen LogP contribution in [0.3, 0.4) is 0 Å². The van der Waals surface area contributed by atoms with Crippen molar-refractivity contribution in [2.75, 3.05) is 26.2 Å². The molecule has 148 valence electrons. The third-order valence-corrected chi connectivity index (χ3v) is 4.32. The topological polar surface area (TPSA) is 54.7 Å². The summed E-state index contributed by atoms with van der Waals surface area (Å²) in [6, 6.07) is 6.54. The Hall–Kier alpha value is -1.68. The van der Waals surface area contributed by atoms with Crippen LogP contribution in [0.4, 0.5) is 4.39 Å². The molecule has 1 aliphatic heterocycles. The van der Waals surface area contributed by atoms with E-state index in [0.29, 0.717) is 13.1 Å². The van der Waals surface area contributed by atoms with E-state index in [1.54, 1.807) is 24.7 Å². The van der Waals surface area contributed by atoms with Gasteiger partial charge >= 0.3 is 0 Å². The van der Waals surface area contributed by atoms with Crippen molar-refractivity contribution in [3.63, 3.8) is 0 Å². The summed E-state index contributed by atoms with van der Waals surface area (Å²) in [5, 5.41) is 3.37. The standard InChI is InChI=1S/C19H26FN5O.HI/c1-3-22-19(23-9-11-24-10-8-21-14-24)25-12-15(2)26-18(13-25)16-4-6-17(20)7-5-16;/h4-8,10,14-15,18H,3,9,11-13H2,1-2H3,(H,22,23);1H. The molecular weight excluding hydrogens is 460 g/mol. The van der Waals surface area contributed by atoms with E-state index in [2.05, 4.69) is 29.0 Å². The van der Waals surface area contributed by atoms with Crippen LogP contribution in [-0.4, -0.2) is 52.7 Å². The molecule has 0 radical (unpaired) electrons. The predicted molar refractivity (Wildman–Crippen MR) is 115 cm³/mol. The fourth-order valence-corrected chi connectivity index (χ4v) is 3.10. The van der Waals surface area contributed by atoms with Gasteiger partial charge in [0.25, 0.3) is 0 Å². The molecule has 0 saturated carbocycles. The number of hydrogen-bond donors (Lipinski definition) is 1. The summed E-state index contributed by atoms with van der Waals surface area (Å²) in [5.74, 6) is 0.652. The summed E-state index contributed by atoms with van der Waals surface area (Å²) >= 11 is 0. The van der Waals surface area contributed by atoms with Crippen LogP contribution in [0.1, 0.15) is 25.5 Å². The van der Waals surface area contributed by atoms with Crippen molar-refractivity contribution in [2.24, 2.45) is 4.99 Å². The van der Waals surface area contributed by atoms with Crippen LogP contribution in [-0.2, 0) is 11.3 Å². The molecule has 0 spiro atoms. The number of nitrogens with one attached hydrogen (secondary N) is 1. The Morgan fingerprint density at radius 1 is 1.33 bits per heavy atom. The van der Waals surface area contributed by atoms with Gasteiger partial charge in [0.2, 0.25) is 0 Å².